The van der Waals surface area contributed by atoms with Crippen molar-refractivity contribution in [3.63, 3.8) is 0 Å². The first kappa shape index (κ1) is 11.0. The number of rotatable bonds is 3. The van der Waals surface area contributed by atoms with E-state index in [0.717, 1.165) is 38.5 Å². The van der Waals surface area contributed by atoms with Crippen LogP contribution in [0.5, 0.6) is 0 Å². The third-order valence-corrected chi connectivity index (χ3v) is 3.39. The van der Waals surface area contributed by atoms with Gasteiger partial charge in [0.25, 0.3) is 0 Å². The topological polar surface area (TPSA) is 40.5 Å². The van der Waals surface area contributed by atoms with Crippen molar-refractivity contribution < 1.29 is 10.2 Å². The van der Waals surface area contributed by atoms with Gasteiger partial charge in [-0.15, -0.1) is 0 Å². The second-order valence-corrected chi connectivity index (χ2v) is 4.33. The first-order valence-corrected chi connectivity index (χ1v) is 5.54. The SMILES string of the molecule is CCCC1(O)CCCC(O)C1CC. The first-order chi connectivity index (χ1) is 6.14. The summed E-state index contributed by atoms with van der Waals surface area (Å²) in [4.78, 5) is 0. The molecule has 0 aromatic rings. The van der Waals surface area contributed by atoms with Crippen molar-refractivity contribution in [1.82, 2.24) is 0 Å². The number of aliphatic hydroxyl groups excluding tert-OH is 1. The average Bonchev–Trinajstić information content (AvgIpc) is 2.04. The van der Waals surface area contributed by atoms with E-state index in [1.165, 1.54) is 0 Å². The van der Waals surface area contributed by atoms with Crippen molar-refractivity contribution >= 4 is 0 Å². The molecule has 1 aliphatic carbocycles. The van der Waals surface area contributed by atoms with Gasteiger partial charge in [0.2, 0.25) is 0 Å². The first-order valence-electron chi connectivity index (χ1n) is 5.54. The average molecular weight is 186 g/mol. The highest BCUT2D eigenvalue weighted by Crippen LogP contribution is 2.38. The van der Waals surface area contributed by atoms with E-state index in [4.69, 9.17) is 0 Å². The molecule has 78 valence electrons. The lowest BCUT2D eigenvalue weighted by molar-refractivity contribution is -0.109. The summed E-state index contributed by atoms with van der Waals surface area (Å²) in [5.74, 6) is 0.0983. The van der Waals surface area contributed by atoms with Gasteiger partial charge in [-0.2, -0.15) is 0 Å². The molecule has 1 aliphatic rings. The van der Waals surface area contributed by atoms with Crippen LogP contribution in [0.15, 0.2) is 0 Å². The second-order valence-electron chi connectivity index (χ2n) is 4.33. The quantitative estimate of drug-likeness (QED) is 0.708. The van der Waals surface area contributed by atoms with Crippen LogP contribution in [0.1, 0.15) is 52.4 Å². The molecule has 0 aromatic heterocycles. The van der Waals surface area contributed by atoms with E-state index in [1.807, 2.05) is 0 Å². The summed E-state index contributed by atoms with van der Waals surface area (Å²) in [6.45, 7) is 4.14. The predicted octanol–water partition coefficient (Wildman–Crippen LogP) is 2.09. The summed E-state index contributed by atoms with van der Waals surface area (Å²) < 4.78 is 0. The summed E-state index contributed by atoms with van der Waals surface area (Å²) in [6, 6.07) is 0. The van der Waals surface area contributed by atoms with E-state index in [-0.39, 0.29) is 12.0 Å². The van der Waals surface area contributed by atoms with Gasteiger partial charge >= 0.3 is 0 Å². The van der Waals surface area contributed by atoms with Crippen LogP contribution >= 0.6 is 0 Å². The molecule has 0 radical (unpaired) electrons. The molecule has 0 aliphatic heterocycles. The normalized spacial score (nSPS) is 40.6. The highest BCUT2D eigenvalue weighted by molar-refractivity contribution is 4.93. The molecule has 1 fully saturated rings. The Morgan fingerprint density at radius 2 is 2.08 bits per heavy atom. The smallest absolute Gasteiger partial charge is 0.0700 e. The Labute approximate surface area is 81.0 Å². The second kappa shape index (κ2) is 4.43. The lowest BCUT2D eigenvalue weighted by atomic mass is 9.70. The largest absolute Gasteiger partial charge is 0.393 e. The van der Waals surface area contributed by atoms with Crippen LogP contribution in [0.3, 0.4) is 0 Å². The molecule has 0 aromatic carbocycles. The molecule has 13 heavy (non-hydrogen) atoms. The minimum atomic E-state index is -0.582. The molecule has 0 spiro atoms. The van der Waals surface area contributed by atoms with Crippen molar-refractivity contribution in [2.75, 3.05) is 0 Å². The van der Waals surface area contributed by atoms with E-state index in [1.54, 1.807) is 0 Å². The minimum absolute atomic E-state index is 0.0983. The zero-order chi connectivity index (χ0) is 9.90. The molecule has 0 bridgehead atoms. The van der Waals surface area contributed by atoms with Gasteiger partial charge in [0, 0.05) is 5.92 Å². The fraction of sp³-hybridized carbons (Fsp3) is 1.00. The van der Waals surface area contributed by atoms with E-state index in [9.17, 15) is 10.2 Å². The highest BCUT2D eigenvalue weighted by Gasteiger charge is 2.41. The Morgan fingerprint density at radius 3 is 2.62 bits per heavy atom. The Balaban J connectivity index is 2.67. The Hall–Kier alpha value is -0.0800. The molecule has 2 nitrogen and oxygen atoms in total. The zero-order valence-corrected chi connectivity index (χ0v) is 8.79. The molecule has 3 atom stereocenters. The number of aliphatic hydroxyl groups is 2. The maximum absolute atomic E-state index is 10.3. The van der Waals surface area contributed by atoms with Crippen molar-refractivity contribution in [3.8, 4) is 0 Å². The molecule has 0 amide bonds. The van der Waals surface area contributed by atoms with Crippen molar-refractivity contribution in [2.24, 2.45) is 5.92 Å². The predicted molar refractivity (Wildman–Crippen MR) is 53.5 cm³/mol. The van der Waals surface area contributed by atoms with Gasteiger partial charge in [0.1, 0.15) is 0 Å². The number of hydrogen-bond acceptors (Lipinski definition) is 2. The van der Waals surface area contributed by atoms with Gasteiger partial charge in [-0.05, 0) is 32.1 Å². The summed E-state index contributed by atoms with van der Waals surface area (Å²) in [5.41, 5.74) is -0.582. The van der Waals surface area contributed by atoms with Gasteiger partial charge in [-0.25, -0.2) is 0 Å². The van der Waals surface area contributed by atoms with Crippen molar-refractivity contribution in [2.45, 2.75) is 64.1 Å². The van der Waals surface area contributed by atoms with Crippen molar-refractivity contribution in [3.05, 3.63) is 0 Å². The monoisotopic (exact) mass is 186 g/mol. The Kier molecular flexibility index (Phi) is 3.74. The lowest BCUT2D eigenvalue weighted by Crippen LogP contribution is -2.47. The van der Waals surface area contributed by atoms with Gasteiger partial charge in [0.05, 0.1) is 11.7 Å². The molecule has 1 rings (SSSR count). The maximum atomic E-state index is 10.3. The van der Waals surface area contributed by atoms with E-state index >= 15 is 0 Å². The number of hydrogen-bond donors (Lipinski definition) is 2. The molecule has 2 heteroatoms. The molecule has 2 N–H and O–H groups in total. The minimum Gasteiger partial charge on any atom is -0.393 e. The van der Waals surface area contributed by atoms with Crippen LogP contribution in [-0.4, -0.2) is 21.9 Å². The third kappa shape index (κ3) is 2.23. The third-order valence-electron chi connectivity index (χ3n) is 3.39. The zero-order valence-electron chi connectivity index (χ0n) is 8.79. The van der Waals surface area contributed by atoms with Crippen LogP contribution in [0, 0.1) is 5.92 Å². The molecule has 1 saturated carbocycles. The Bertz CT molecular complexity index is 154. The summed E-state index contributed by atoms with van der Waals surface area (Å²) in [5, 5.41) is 20.1. The molecular formula is C11H22O2. The lowest BCUT2D eigenvalue weighted by Gasteiger charge is -2.42. The van der Waals surface area contributed by atoms with Crippen LogP contribution in [0.2, 0.25) is 0 Å². The molecular weight excluding hydrogens is 164 g/mol. The van der Waals surface area contributed by atoms with E-state index in [0.29, 0.717) is 0 Å². The Morgan fingerprint density at radius 1 is 1.38 bits per heavy atom. The van der Waals surface area contributed by atoms with Gasteiger partial charge in [0.15, 0.2) is 0 Å². The highest BCUT2D eigenvalue weighted by atomic mass is 16.3. The summed E-state index contributed by atoms with van der Waals surface area (Å²) in [7, 11) is 0. The van der Waals surface area contributed by atoms with E-state index < -0.39 is 5.60 Å². The molecule has 3 unspecified atom stereocenters. The molecule has 0 saturated heterocycles. The van der Waals surface area contributed by atoms with E-state index in [2.05, 4.69) is 13.8 Å². The fourth-order valence-electron chi connectivity index (χ4n) is 2.76. The molecule has 0 heterocycles. The summed E-state index contributed by atoms with van der Waals surface area (Å²) in [6.07, 6.45) is 5.14. The maximum Gasteiger partial charge on any atom is 0.0700 e. The van der Waals surface area contributed by atoms with Gasteiger partial charge in [-0.1, -0.05) is 20.3 Å². The van der Waals surface area contributed by atoms with Gasteiger partial charge < -0.3 is 10.2 Å². The van der Waals surface area contributed by atoms with Crippen molar-refractivity contribution in [1.29, 1.82) is 0 Å². The fourth-order valence-corrected chi connectivity index (χ4v) is 2.76. The standard InChI is InChI=1S/C11H22O2/c1-3-7-11(13)8-5-6-10(12)9(11)4-2/h9-10,12-13H,3-8H2,1-2H3. The van der Waals surface area contributed by atoms with Gasteiger partial charge in [-0.3, -0.25) is 0 Å². The van der Waals surface area contributed by atoms with Crippen LogP contribution in [0.25, 0.3) is 0 Å². The summed E-state index contributed by atoms with van der Waals surface area (Å²) >= 11 is 0. The van der Waals surface area contributed by atoms with Crippen LogP contribution in [0.4, 0.5) is 0 Å². The van der Waals surface area contributed by atoms with Crippen LogP contribution < -0.4 is 0 Å². The van der Waals surface area contributed by atoms with Crippen LogP contribution in [-0.2, 0) is 0 Å².